The first-order valence-electron chi connectivity index (χ1n) is 7.30. The molecule has 5 nitrogen and oxygen atoms in total. The lowest BCUT2D eigenvalue weighted by Crippen LogP contribution is -2.40. The van der Waals surface area contributed by atoms with Gasteiger partial charge in [-0.05, 0) is 38.5 Å². The number of fused-ring (bicyclic) bond motifs is 1. The van der Waals surface area contributed by atoms with E-state index in [4.69, 9.17) is 13.9 Å². The van der Waals surface area contributed by atoms with Crippen molar-refractivity contribution in [2.45, 2.75) is 38.9 Å². The molecular weight excluding hydrogens is 284 g/mol. The molecule has 2 aromatic rings. The van der Waals surface area contributed by atoms with Crippen LogP contribution < -0.4 is 10.4 Å². The van der Waals surface area contributed by atoms with Crippen LogP contribution >= 0.6 is 0 Å². The van der Waals surface area contributed by atoms with Crippen LogP contribution in [0, 0.1) is 0 Å². The normalized spacial score (nSPS) is 13.3. The average Bonchev–Trinajstić information content (AvgIpc) is 2.46. The SMILES string of the molecule is CCOC(C)(C)[C@H](O)Cc1cc2ccc(=O)oc2cc1OC. The minimum Gasteiger partial charge on any atom is -0.496 e. The van der Waals surface area contributed by atoms with Crippen molar-refractivity contribution in [2.75, 3.05) is 13.7 Å². The lowest BCUT2D eigenvalue weighted by atomic mass is 9.94. The molecule has 0 fully saturated rings. The van der Waals surface area contributed by atoms with Gasteiger partial charge in [-0.25, -0.2) is 4.79 Å². The Labute approximate surface area is 129 Å². The largest absolute Gasteiger partial charge is 0.496 e. The van der Waals surface area contributed by atoms with Gasteiger partial charge in [0.15, 0.2) is 0 Å². The summed E-state index contributed by atoms with van der Waals surface area (Å²) in [6.07, 6.45) is -0.305. The minimum absolute atomic E-state index is 0.380. The molecule has 0 aliphatic heterocycles. The van der Waals surface area contributed by atoms with Crippen molar-refractivity contribution in [2.24, 2.45) is 0 Å². The Kier molecular flexibility index (Phi) is 4.88. The van der Waals surface area contributed by atoms with Gasteiger partial charge in [0.05, 0.1) is 18.8 Å². The molecule has 0 aliphatic carbocycles. The molecule has 0 radical (unpaired) electrons. The van der Waals surface area contributed by atoms with Crippen LogP contribution in [0.5, 0.6) is 5.75 Å². The molecule has 0 unspecified atom stereocenters. The Hall–Kier alpha value is -1.85. The second-order valence-electron chi connectivity index (χ2n) is 5.71. The standard InChI is InChI=1S/C17H22O5/c1-5-21-17(2,3)15(18)9-12-8-11-6-7-16(19)22-14(11)10-13(12)20-4/h6-8,10,15,18H,5,9H2,1-4H3/t15-/m1/s1. The van der Waals surface area contributed by atoms with Crippen LogP contribution in [-0.4, -0.2) is 30.5 Å². The summed E-state index contributed by atoms with van der Waals surface area (Å²) >= 11 is 0. The third-order valence-electron chi connectivity index (χ3n) is 3.75. The topological polar surface area (TPSA) is 68.9 Å². The van der Waals surface area contributed by atoms with Gasteiger partial charge in [-0.1, -0.05) is 0 Å². The summed E-state index contributed by atoms with van der Waals surface area (Å²) in [5, 5.41) is 11.2. The maximum absolute atomic E-state index is 11.3. The van der Waals surface area contributed by atoms with Crippen LogP contribution in [0.25, 0.3) is 11.0 Å². The highest BCUT2D eigenvalue weighted by atomic mass is 16.5. The zero-order valence-electron chi connectivity index (χ0n) is 13.4. The van der Waals surface area contributed by atoms with Gasteiger partial charge in [0.2, 0.25) is 0 Å². The monoisotopic (exact) mass is 306 g/mol. The second-order valence-corrected chi connectivity index (χ2v) is 5.71. The van der Waals surface area contributed by atoms with Crippen LogP contribution in [0.3, 0.4) is 0 Å². The predicted octanol–water partition coefficient (Wildman–Crippen LogP) is 2.52. The van der Waals surface area contributed by atoms with E-state index in [-0.39, 0.29) is 0 Å². The Morgan fingerprint density at radius 1 is 1.32 bits per heavy atom. The summed E-state index contributed by atoms with van der Waals surface area (Å²) in [4.78, 5) is 11.3. The van der Waals surface area contributed by atoms with E-state index in [2.05, 4.69) is 0 Å². The van der Waals surface area contributed by atoms with E-state index in [1.807, 2.05) is 26.8 Å². The Balaban J connectivity index is 2.38. The molecule has 0 bridgehead atoms. The van der Waals surface area contributed by atoms with Gasteiger partial charge < -0.3 is 19.0 Å². The zero-order chi connectivity index (χ0) is 16.3. The zero-order valence-corrected chi connectivity index (χ0v) is 13.4. The maximum atomic E-state index is 11.3. The Bertz CT molecular complexity index is 702. The summed E-state index contributed by atoms with van der Waals surface area (Å²) in [6, 6.07) is 6.61. The van der Waals surface area contributed by atoms with Crippen molar-refractivity contribution in [3.63, 3.8) is 0 Å². The maximum Gasteiger partial charge on any atom is 0.336 e. The third-order valence-corrected chi connectivity index (χ3v) is 3.75. The highest BCUT2D eigenvalue weighted by Gasteiger charge is 2.29. The van der Waals surface area contributed by atoms with Crippen LogP contribution in [0.4, 0.5) is 0 Å². The second kappa shape index (κ2) is 6.50. The van der Waals surface area contributed by atoms with Gasteiger partial charge in [0.1, 0.15) is 11.3 Å². The smallest absolute Gasteiger partial charge is 0.336 e. The summed E-state index contributed by atoms with van der Waals surface area (Å²) in [6.45, 7) is 6.14. The fourth-order valence-electron chi connectivity index (χ4n) is 2.42. The van der Waals surface area contributed by atoms with E-state index >= 15 is 0 Å². The van der Waals surface area contributed by atoms with Crippen molar-refractivity contribution in [1.29, 1.82) is 0 Å². The van der Waals surface area contributed by atoms with Crippen LogP contribution in [-0.2, 0) is 11.2 Å². The predicted molar refractivity (Wildman–Crippen MR) is 84.5 cm³/mol. The molecule has 1 atom stereocenters. The molecule has 5 heteroatoms. The van der Waals surface area contributed by atoms with E-state index in [1.54, 1.807) is 19.2 Å². The van der Waals surface area contributed by atoms with Crippen molar-refractivity contribution in [3.8, 4) is 5.75 Å². The van der Waals surface area contributed by atoms with Gasteiger partial charge in [-0.2, -0.15) is 0 Å². The minimum atomic E-state index is -0.686. The third kappa shape index (κ3) is 3.48. The van der Waals surface area contributed by atoms with Crippen LogP contribution in [0.1, 0.15) is 26.3 Å². The van der Waals surface area contributed by atoms with E-state index < -0.39 is 17.3 Å². The number of aliphatic hydroxyl groups excluding tert-OH is 1. The molecule has 0 saturated carbocycles. The Morgan fingerprint density at radius 3 is 2.68 bits per heavy atom. The van der Waals surface area contributed by atoms with E-state index in [0.717, 1.165) is 10.9 Å². The summed E-state index contributed by atoms with van der Waals surface area (Å²) in [7, 11) is 1.55. The van der Waals surface area contributed by atoms with Gasteiger partial charge in [0.25, 0.3) is 0 Å². The first kappa shape index (κ1) is 16.5. The molecule has 1 aromatic carbocycles. The van der Waals surface area contributed by atoms with Crippen molar-refractivity contribution in [1.82, 2.24) is 0 Å². The fourth-order valence-corrected chi connectivity index (χ4v) is 2.42. The first-order valence-corrected chi connectivity index (χ1v) is 7.30. The number of methoxy groups -OCH3 is 1. The lowest BCUT2D eigenvalue weighted by molar-refractivity contribution is -0.0956. The number of rotatable bonds is 6. The molecule has 1 heterocycles. The quantitative estimate of drug-likeness (QED) is 0.831. The van der Waals surface area contributed by atoms with Crippen molar-refractivity contribution < 1.29 is 19.0 Å². The summed E-state index contributed by atoms with van der Waals surface area (Å²) < 4.78 is 16.1. The van der Waals surface area contributed by atoms with Gasteiger partial charge >= 0.3 is 5.63 Å². The molecule has 120 valence electrons. The number of ether oxygens (including phenoxy) is 2. The molecule has 2 rings (SSSR count). The van der Waals surface area contributed by atoms with Crippen LogP contribution in [0.2, 0.25) is 0 Å². The molecule has 1 N–H and O–H groups in total. The number of aliphatic hydroxyl groups is 1. The molecular formula is C17H22O5. The van der Waals surface area contributed by atoms with Crippen molar-refractivity contribution in [3.05, 3.63) is 40.2 Å². The first-order chi connectivity index (χ1) is 10.4. The fraction of sp³-hybridized carbons (Fsp3) is 0.471. The van der Waals surface area contributed by atoms with E-state index in [9.17, 15) is 9.90 Å². The number of hydrogen-bond acceptors (Lipinski definition) is 5. The average molecular weight is 306 g/mol. The van der Waals surface area contributed by atoms with Gasteiger partial charge in [-0.15, -0.1) is 0 Å². The summed E-state index contributed by atoms with van der Waals surface area (Å²) in [5.74, 6) is 0.577. The van der Waals surface area contributed by atoms with Crippen LogP contribution in [0.15, 0.2) is 33.5 Å². The summed E-state index contributed by atoms with van der Waals surface area (Å²) in [5.41, 5.74) is 0.244. The van der Waals surface area contributed by atoms with Crippen molar-refractivity contribution >= 4 is 11.0 Å². The lowest BCUT2D eigenvalue weighted by Gasteiger charge is -2.30. The molecule has 0 spiro atoms. The molecule has 1 aromatic heterocycles. The highest BCUT2D eigenvalue weighted by molar-refractivity contribution is 5.79. The number of benzene rings is 1. The Morgan fingerprint density at radius 2 is 2.05 bits per heavy atom. The highest BCUT2D eigenvalue weighted by Crippen LogP contribution is 2.28. The molecule has 0 amide bonds. The van der Waals surface area contributed by atoms with E-state index in [1.165, 1.54) is 6.07 Å². The molecule has 0 aliphatic rings. The van der Waals surface area contributed by atoms with E-state index in [0.29, 0.717) is 24.4 Å². The molecule has 22 heavy (non-hydrogen) atoms. The van der Waals surface area contributed by atoms with Gasteiger partial charge in [0, 0.05) is 30.5 Å². The molecule has 0 saturated heterocycles. The van der Waals surface area contributed by atoms with Gasteiger partial charge in [-0.3, -0.25) is 0 Å². The number of hydrogen-bond donors (Lipinski definition) is 1.